The van der Waals surface area contributed by atoms with Crippen molar-refractivity contribution in [1.82, 2.24) is 5.32 Å². The van der Waals surface area contributed by atoms with Gasteiger partial charge in [0, 0.05) is 12.0 Å². The second-order valence-corrected chi connectivity index (χ2v) is 5.59. The van der Waals surface area contributed by atoms with Crippen molar-refractivity contribution in [3.8, 4) is 5.75 Å². The van der Waals surface area contributed by atoms with Gasteiger partial charge >= 0.3 is 0 Å². The van der Waals surface area contributed by atoms with Gasteiger partial charge in [-0.25, -0.2) is 13.6 Å². The van der Waals surface area contributed by atoms with Crippen molar-refractivity contribution < 1.29 is 17.9 Å². The van der Waals surface area contributed by atoms with E-state index in [9.17, 15) is 13.2 Å². The molecule has 1 aromatic rings. The minimum absolute atomic E-state index is 0.0162. The number of fused-ring (bicyclic) bond motifs is 1. The number of amides is 1. The van der Waals surface area contributed by atoms with Crippen molar-refractivity contribution in [1.29, 1.82) is 0 Å². The first-order valence-corrected chi connectivity index (χ1v) is 7.05. The van der Waals surface area contributed by atoms with Crippen molar-refractivity contribution >= 4 is 15.9 Å². The standard InChI is InChI=1S/C11H14N2O4S/c1-2-11(14)13-9-6-17-10-4-3-7(5-8(9)10)18(12,15)16/h3-5,9H,2,6H2,1H3,(H,13,14)(H2,12,15,16). The van der Waals surface area contributed by atoms with Crippen molar-refractivity contribution in [3.05, 3.63) is 23.8 Å². The molecule has 7 heteroatoms. The minimum atomic E-state index is -3.75. The van der Waals surface area contributed by atoms with Crippen LogP contribution in [0, 0.1) is 0 Å². The molecule has 3 N–H and O–H groups in total. The van der Waals surface area contributed by atoms with Crippen LogP contribution in [0.25, 0.3) is 0 Å². The van der Waals surface area contributed by atoms with Gasteiger partial charge in [0.05, 0.1) is 10.9 Å². The Kier molecular flexibility index (Phi) is 3.27. The Labute approximate surface area is 105 Å². The van der Waals surface area contributed by atoms with Gasteiger partial charge in [-0.05, 0) is 18.2 Å². The van der Waals surface area contributed by atoms with Crippen LogP contribution in [0.4, 0.5) is 0 Å². The minimum Gasteiger partial charge on any atom is -0.491 e. The average molecular weight is 270 g/mol. The van der Waals surface area contributed by atoms with Crippen LogP contribution in [-0.2, 0) is 14.8 Å². The Morgan fingerprint density at radius 1 is 1.56 bits per heavy atom. The van der Waals surface area contributed by atoms with Crippen LogP contribution >= 0.6 is 0 Å². The summed E-state index contributed by atoms with van der Waals surface area (Å²) in [5.41, 5.74) is 0.642. The summed E-state index contributed by atoms with van der Waals surface area (Å²) in [5.74, 6) is 0.460. The van der Waals surface area contributed by atoms with Gasteiger partial charge in [0.25, 0.3) is 0 Å². The summed E-state index contributed by atoms with van der Waals surface area (Å²) >= 11 is 0. The number of hydrogen-bond donors (Lipinski definition) is 2. The summed E-state index contributed by atoms with van der Waals surface area (Å²) in [4.78, 5) is 11.4. The zero-order valence-corrected chi connectivity index (χ0v) is 10.7. The fourth-order valence-electron chi connectivity index (χ4n) is 1.79. The third-order valence-corrected chi connectivity index (χ3v) is 3.66. The summed E-state index contributed by atoms with van der Waals surface area (Å²) in [5, 5.41) is 7.83. The maximum atomic E-state index is 11.3. The van der Waals surface area contributed by atoms with Crippen LogP contribution in [0.5, 0.6) is 5.75 Å². The highest BCUT2D eigenvalue weighted by molar-refractivity contribution is 7.89. The molecular formula is C11H14N2O4S. The molecule has 0 saturated heterocycles. The number of nitrogens with one attached hydrogen (secondary N) is 1. The first-order chi connectivity index (χ1) is 8.41. The molecule has 0 fully saturated rings. The quantitative estimate of drug-likeness (QED) is 0.824. The third-order valence-electron chi connectivity index (χ3n) is 2.75. The number of carbonyl (C=O) groups is 1. The van der Waals surface area contributed by atoms with E-state index >= 15 is 0 Å². The molecule has 0 saturated carbocycles. The Balaban J connectivity index is 2.34. The van der Waals surface area contributed by atoms with Crippen LogP contribution < -0.4 is 15.2 Å². The molecule has 1 aromatic carbocycles. The smallest absolute Gasteiger partial charge is 0.238 e. The Hall–Kier alpha value is -1.60. The summed E-state index contributed by atoms with van der Waals surface area (Å²) in [6.07, 6.45) is 0.362. The van der Waals surface area contributed by atoms with E-state index < -0.39 is 10.0 Å². The first kappa shape index (κ1) is 12.8. The maximum absolute atomic E-state index is 11.3. The lowest BCUT2D eigenvalue weighted by molar-refractivity contribution is -0.121. The molecule has 18 heavy (non-hydrogen) atoms. The SMILES string of the molecule is CCC(=O)NC1COc2ccc(S(N)(=O)=O)cc21. The second kappa shape index (κ2) is 4.58. The predicted octanol–water partition coefficient (Wildman–Crippen LogP) is 0.294. The molecule has 0 aromatic heterocycles. The molecule has 0 radical (unpaired) electrons. The Morgan fingerprint density at radius 3 is 2.89 bits per heavy atom. The van der Waals surface area contributed by atoms with E-state index in [0.717, 1.165) is 0 Å². The zero-order valence-electron chi connectivity index (χ0n) is 9.84. The summed E-state index contributed by atoms with van der Waals surface area (Å²) in [6.45, 7) is 2.04. The summed E-state index contributed by atoms with van der Waals surface area (Å²) in [7, 11) is -3.75. The van der Waals surface area contributed by atoms with E-state index in [4.69, 9.17) is 9.88 Å². The van der Waals surface area contributed by atoms with E-state index in [1.807, 2.05) is 0 Å². The molecule has 0 spiro atoms. The van der Waals surface area contributed by atoms with Gasteiger partial charge in [-0.2, -0.15) is 0 Å². The van der Waals surface area contributed by atoms with E-state index in [2.05, 4.69) is 5.32 Å². The molecule has 98 valence electrons. The number of primary sulfonamides is 1. The van der Waals surface area contributed by atoms with E-state index in [-0.39, 0.29) is 16.8 Å². The number of rotatable bonds is 3. The van der Waals surface area contributed by atoms with Crippen LogP contribution in [0.1, 0.15) is 24.9 Å². The van der Waals surface area contributed by atoms with Gasteiger partial charge in [-0.15, -0.1) is 0 Å². The van der Waals surface area contributed by atoms with Gasteiger partial charge in [-0.3, -0.25) is 4.79 Å². The molecule has 1 heterocycles. The summed E-state index contributed by atoms with van der Waals surface area (Å²) in [6, 6.07) is 4.05. The zero-order chi connectivity index (χ0) is 13.3. The van der Waals surface area contributed by atoms with Crippen LogP contribution in [0.2, 0.25) is 0 Å². The third kappa shape index (κ3) is 2.46. The lowest BCUT2D eigenvalue weighted by Crippen LogP contribution is -2.28. The number of sulfonamides is 1. The van der Waals surface area contributed by atoms with Crippen molar-refractivity contribution in [2.24, 2.45) is 5.14 Å². The topological polar surface area (TPSA) is 98.5 Å². The number of hydrogen-bond acceptors (Lipinski definition) is 4. The molecule has 0 bridgehead atoms. The van der Waals surface area contributed by atoms with Crippen LogP contribution in [-0.4, -0.2) is 20.9 Å². The highest BCUT2D eigenvalue weighted by Crippen LogP contribution is 2.33. The van der Waals surface area contributed by atoms with Gasteiger partial charge in [0.2, 0.25) is 15.9 Å². The molecule has 1 amide bonds. The predicted molar refractivity (Wildman–Crippen MR) is 64.5 cm³/mol. The van der Waals surface area contributed by atoms with E-state index in [0.29, 0.717) is 24.3 Å². The second-order valence-electron chi connectivity index (χ2n) is 4.03. The molecule has 1 atom stereocenters. The molecule has 1 aliphatic rings. The molecule has 1 unspecified atom stereocenters. The van der Waals surface area contributed by atoms with Gasteiger partial charge in [0.15, 0.2) is 0 Å². The number of benzene rings is 1. The molecular weight excluding hydrogens is 256 g/mol. The fourth-order valence-corrected chi connectivity index (χ4v) is 2.33. The van der Waals surface area contributed by atoms with Gasteiger partial charge < -0.3 is 10.1 Å². The maximum Gasteiger partial charge on any atom is 0.238 e. The normalized spacial score (nSPS) is 18.0. The number of nitrogens with two attached hydrogens (primary N) is 1. The lowest BCUT2D eigenvalue weighted by atomic mass is 10.1. The fraction of sp³-hybridized carbons (Fsp3) is 0.364. The summed E-state index contributed by atoms with van der Waals surface area (Å²) < 4.78 is 27.9. The van der Waals surface area contributed by atoms with E-state index in [1.54, 1.807) is 13.0 Å². The van der Waals surface area contributed by atoms with Crippen molar-refractivity contribution in [2.75, 3.05) is 6.61 Å². The molecule has 0 aliphatic carbocycles. The number of ether oxygens (including phenoxy) is 1. The average Bonchev–Trinajstić information content (AvgIpc) is 2.70. The van der Waals surface area contributed by atoms with E-state index in [1.165, 1.54) is 12.1 Å². The molecule has 6 nitrogen and oxygen atoms in total. The Bertz CT molecular complexity index is 583. The monoisotopic (exact) mass is 270 g/mol. The largest absolute Gasteiger partial charge is 0.491 e. The van der Waals surface area contributed by atoms with Gasteiger partial charge in [-0.1, -0.05) is 6.92 Å². The highest BCUT2D eigenvalue weighted by Gasteiger charge is 2.26. The first-order valence-electron chi connectivity index (χ1n) is 5.50. The number of carbonyl (C=O) groups excluding carboxylic acids is 1. The molecule has 1 aliphatic heterocycles. The van der Waals surface area contributed by atoms with Crippen molar-refractivity contribution in [3.63, 3.8) is 0 Å². The Morgan fingerprint density at radius 2 is 2.28 bits per heavy atom. The van der Waals surface area contributed by atoms with Crippen molar-refractivity contribution in [2.45, 2.75) is 24.3 Å². The van der Waals surface area contributed by atoms with Crippen LogP contribution in [0.3, 0.4) is 0 Å². The lowest BCUT2D eigenvalue weighted by Gasteiger charge is -2.11. The highest BCUT2D eigenvalue weighted by atomic mass is 32.2. The van der Waals surface area contributed by atoms with Crippen LogP contribution in [0.15, 0.2) is 23.1 Å². The molecule has 2 rings (SSSR count). The van der Waals surface area contributed by atoms with Gasteiger partial charge in [0.1, 0.15) is 12.4 Å².